The zero-order valence-corrected chi connectivity index (χ0v) is 73.3. The molecule has 0 N–H and O–H groups in total. The Morgan fingerprint density at radius 3 is 0.242 bits per heavy atom. The Morgan fingerprint density at radius 2 is 0.179 bits per heavy atom. The molecule has 0 aromatic heterocycles. The maximum atomic E-state index is 3.99. The summed E-state index contributed by atoms with van der Waals surface area (Å²) in [5.41, 5.74) is 0. The van der Waals surface area contributed by atoms with Crippen LogP contribution >= 0.6 is 41.6 Å². The monoisotopic (exact) mass is 1500 g/mol. The van der Waals surface area contributed by atoms with Crippen molar-refractivity contribution in [1.29, 1.82) is 0 Å². The van der Waals surface area contributed by atoms with Crippen LogP contribution in [0.1, 0.15) is 534 Å². The van der Waals surface area contributed by atoms with Crippen LogP contribution in [0.25, 0.3) is 0 Å². The fourth-order valence-electron chi connectivity index (χ4n) is 15.1. The Bertz CT molecular complexity index is 1360. The molecule has 0 amide bonds. The van der Waals surface area contributed by atoms with Gasteiger partial charge in [-0.2, -0.15) is 0 Å². The van der Waals surface area contributed by atoms with Crippen molar-refractivity contribution in [1.82, 2.24) is 0 Å². The van der Waals surface area contributed by atoms with Gasteiger partial charge in [-0.05, 0) is 0 Å². The van der Waals surface area contributed by atoms with E-state index < -0.39 is 10.6 Å². The first-order valence-electron chi connectivity index (χ1n) is 45.6. The van der Waals surface area contributed by atoms with E-state index in [1.807, 2.05) is 0 Å². The quantitative estimate of drug-likeness (QED) is 0.0421. The van der Waals surface area contributed by atoms with E-state index in [0.29, 0.717) is 0 Å². The molecule has 0 fully saturated rings. The number of unbranched alkanes of at least 4 members (excludes halogenated alkanes) is 79. The summed E-state index contributed by atoms with van der Waals surface area (Å²) in [4.78, 5) is 0. The van der Waals surface area contributed by atoms with Crippen LogP contribution in [-0.2, 0) is 0 Å². The molecule has 0 radical (unpaired) electrons. The van der Waals surface area contributed by atoms with Crippen molar-refractivity contribution in [3.63, 3.8) is 0 Å². The van der Waals surface area contributed by atoms with Crippen LogP contribution in [0.3, 0.4) is 0 Å². The van der Waals surface area contributed by atoms with Crippen LogP contribution in [0.5, 0.6) is 0 Å². The Labute approximate surface area is 623 Å². The van der Waals surface area contributed by atoms with E-state index in [2.05, 4.69) is 84.8 Å². The molecule has 0 aromatic rings. The molecule has 0 atom stereocenters. The van der Waals surface area contributed by atoms with Gasteiger partial charge in [-0.1, -0.05) is 393 Å². The van der Waals surface area contributed by atoms with E-state index in [0.717, 1.165) is 0 Å². The van der Waals surface area contributed by atoms with Gasteiger partial charge >= 0.3 is 235 Å². The number of hydrogen-bond donors (Lipinski definition) is 0. The molecular formula is C91H190Br2P2. The van der Waals surface area contributed by atoms with Gasteiger partial charge in [0.15, 0.2) is 0 Å². The van der Waals surface area contributed by atoms with Crippen molar-refractivity contribution < 1.29 is 0 Å². The van der Waals surface area contributed by atoms with Crippen molar-refractivity contribution in [2.24, 2.45) is 0 Å². The molecule has 0 rings (SSSR count). The topological polar surface area (TPSA) is 0 Å². The summed E-state index contributed by atoms with van der Waals surface area (Å²) in [7, 11) is 0. The van der Waals surface area contributed by atoms with Crippen molar-refractivity contribution in [3.8, 4) is 0 Å². The Morgan fingerprint density at radius 1 is 0.116 bits per heavy atom. The summed E-state index contributed by atoms with van der Waals surface area (Å²) in [6.07, 6.45) is 123. The molecule has 0 aliphatic rings. The molecular weight excluding hydrogens is 1310 g/mol. The van der Waals surface area contributed by atoms with E-state index >= 15 is 0 Å². The number of rotatable bonds is 83. The van der Waals surface area contributed by atoms with E-state index in [1.165, 1.54) is 532 Å². The van der Waals surface area contributed by atoms with Gasteiger partial charge < -0.3 is 0 Å². The molecule has 578 valence electrons. The van der Waals surface area contributed by atoms with E-state index in [-0.39, 0.29) is 0 Å². The predicted molar refractivity (Wildman–Crippen MR) is 462 cm³/mol. The molecule has 0 saturated carbocycles. The van der Waals surface area contributed by atoms with E-state index in [9.17, 15) is 0 Å². The molecule has 0 saturated heterocycles. The minimum atomic E-state index is -1.43. The zero-order chi connectivity index (χ0) is 69.6. The van der Waals surface area contributed by atoms with Gasteiger partial charge in [0.05, 0.1) is 0 Å². The van der Waals surface area contributed by atoms with E-state index in [1.54, 1.807) is 0 Å². The van der Waals surface area contributed by atoms with Crippen LogP contribution in [0.4, 0.5) is 0 Å². The summed E-state index contributed by atoms with van der Waals surface area (Å²) in [5.74, 6) is 0. The van der Waals surface area contributed by atoms with Crippen LogP contribution in [-0.4, -0.2) is 52.3 Å². The van der Waals surface area contributed by atoms with Crippen LogP contribution < -0.4 is 0 Å². The van der Waals surface area contributed by atoms with E-state index in [4.69, 9.17) is 0 Å². The average Bonchev–Trinajstić information content (AvgIpc) is 2.53. The molecule has 0 aromatic carbocycles. The summed E-state index contributed by atoms with van der Waals surface area (Å²) in [6.45, 7) is 19.3. The summed E-state index contributed by atoms with van der Waals surface area (Å²) in [5, 5.41) is -2.86. The summed E-state index contributed by atoms with van der Waals surface area (Å²) >= 11 is 7.98. The second-order valence-electron chi connectivity index (χ2n) is 35.2. The molecule has 95 heavy (non-hydrogen) atoms. The fourth-order valence-corrected chi connectivity index (χ4v) is 19.1. The SMILES string of the molecule is CCCCCCCCCCCCCCCCCCCCCCCCCCCCCCCCCCCCCCCCCCCP(C)(C)(C)Br.CCCCCCCCCCCCCCCCCCCCCCCCCCCCCCCCCCCCCCCCCCP(C)(C)(C)Br. The second kappa shape index (κ2) is 78.4. The molecule has 0 nitrogen and oxygen atoms in total. The van der Waals surface area contributed by atoms with Crippen molar-refractivity contribution >= 4 is 41.6 Å². The fraction of sp³-hybridized carbons (Fsp3) is 1.00. The molecule has 0 spiro atoms. The van der Waals surface area contributed by atoms with Gasteiger partial charge in [0.2, 0.25) is 0 Å². The van der Waals surface area contributed by atoms with Gasteiger partial charge in [0.25, 0.3) is 0 Å². The minimum absolute atomic E-state index is 1.37. The van der Waals surface area contributed by atoms with Crippen LogP contribution in [0.15, 0.2) is 0 Å². The summed E-state index contributed by atoms with van der Waals surface area (Å²) in [6, 6.07) is 0. The first kappa shape index (κ1) is 98.9. The number of halogens is 2. The van der Waals surface area contributed by atoms with Crippen molar-refractivity contribution in [2.45, 2.75) is 534 Å². The second-order valence-corrected chi connectivity index (χ2v) is 63.6. The molecule has 0 bridgehead atoms. The third-order valence-corrected chi connectivity index (χ3v) is 27.6. The summed E-state index contributed by atoms with van der Waals surface area (Å²) < 4.78 is 0. The molecule has 0 aliphatic carbocycles. The van der Waals surface area contributed by atoms with Gasteiger partial charge in [-0.25, -0.2) is 0 Å². The first-order chi connectivity index (χ1) is 46.1. The maximum absolute atomic E-state index is 3.99. The third kappa shape index (κ3) is 102. The Kier molecular flexibility index (Phi) is 81.6. The Balaban J connectivity index is 0. The van der Waals surface area contributed by atoms with Gasteiger partial charge in [-0.15, -0.1) is 0 Å². The van der Waals surface area contributed by atoms with Crippen LogP contribution in [0, 0.1) is 0 Å². The van der Waals surface area contributed by atoms with Gasteiger partial charge in [-0.3, -0.25) is 0 Å². The van der Waals surface area contributed by atoms with Crippen molar-refractivity contribution in [3.05, 3.63) is 0 Å². The standard InChI is InChI=1S/C46H96BrP.C45H94BrP/c1-5-6-7-8-9-10-11-12-13-14-15-16-17-18-19-20-21-22-23-24-25-26-27-28-29-30-31-32-33-34-35-36-37-38-39-40-41-42-43-44-45-46-48(2,3,4)47;1-5-6-7-8-9-10-11-12-13-14-15-16-17-18-19-20-21-22-23-24-25-26-27-28-29-30-31-32-33-34-35-36-37-38-39-40-41-42-43-44-45-47(2,3,4)46/h5-46H2,1-4H3;5-45H2,1-4H3. The first-order valence-corrected chi connectivity index (χ1v) is 57.1. The van der Waals surface area contributed by atoms with Gasteiger partial charge in [0, 0.05) is 0 Å². The zero-order valence-electron chi connectivity index (χ0n) is 68.3. The van der Waals surface area contributed by atoms with Gasteiger partial charge in [0.1, 0.15) is 0 Å². The number of hydrogen-bond acceptors (Lipinski definition) is 0. The molecule has 0 unspecified atom stereocenters. The van der Waals surface area contributed by atoms with Crippen LogP contribution in [0.2, 0.25) is 0 Å². The van der Waals surface area contributed by atoms with Crippen molar-refractivity contribution in [2.75, 3.05) is 52.3 Å². The normalized spacial score (nSPS) is 12.9. The molecule has 0 aliphatic heterocycles. The predicted octanol–water partition coefficient (Wildman–Crippen LogP) is 37.1. The molecule has 0 heterocycles. The third-order valence-electron chi connectivity index (χ3n) is 21.8. The Hall–Kier alpha value is 1.82. The molecule has 4 heteroatoms. The average molecular weight is 1510 g/mol.